The van der Waals surface area contributed by atoms with Crippen molar-refractivity contribution < 1.29 is 33.3 Å². The fourth-order valence-corrected chi connectivity index (χ4v) is 4.18. The van der Waals surface area contributed by atoms with E-state index in [-0.39, 0.29) is 26.0 Å². The van der Waals surface area contributed by atoms with Gasteiger partial charge in [-0.25, -0.2) is 4.79 Å². The van der Waals surface area contributed by atoms with Crippen molar-refractivity contribution in [3.8, 4) is 5.75 Å². The number of esters is 1. The lowest BCUT2D eigenvalue weighted by Gasteiger charge is -2.28. The van der Waals surface area contributed by atoms with Crippen molar-refractivity contribution in [1.29, 1.82) is 0 Å². The van der Waals surface area contributed by atoms with E-state index in [0.29, 0.717) is 5.75 Å². The van der Waals surface area contributed by atoms with E-state index >= 15 is 0 Å². The van der Waals surface area contributed by atoms with Crippen LogP contribution in [0.15, 0.2) is 60.7 Å². The molecule has 4 unspecified atom stereocenters. The second kappa shape index (κ2) is 11.0. The quantitative estimate of drug-likeness (QED) is 0.586. The molecule has 2 aromatic rings. The van der Waals surface area contributed by atoms with Gasteiger partial charge in [-0.1, -0.05) is 48.5 Å². The number of likely N-dealkylation sites (tertiary alicyclic amines) is 1. The van der Waals surface area contributed by atoms with Crippen LogP contribution in [0.5, 0.6) is 5.75 Å². The van der Waals surface area contributed by atoms with Gasteiger partial charge in [-0.15, -0.1) is 0 Å². The first kappa shape index (κ1) is 25.5. The number of ether oxygens (including phenoxy) is 4. The smallest absolute Gasteiger partial charge is 0.411 e. The largest absolute Gasteiger partial charge is 0.488 e. The Bertz CT molecular complexity index is 1050. The van der Waals surface area contributed by atoms with E-state index in [1.165, 1.54) is 4.90 Å². The number of carbonyl (C=O) groups is 3. The normalized spacial score (nSPS) is 23.8. The zero-order valence-electron chi connectivity index (χ0n) is 20.7. The Morgan fingerprint density at radius 3 is 2.39 bits per heavy atom. The fourth-order valence-electron chi connectivity index (χ4n) is 4.18. The molecule has 2 aromatic carbocycles. The van der Waals surface area contributed by atoms with Crippen LogP contribution in [0.25, 0.3) is 0 Å². The Balaban J connectivity index is 1.43. The highest BCUT2D eigenvalue weighted by Gasteiger charge is 2.45. The first-order valence-electron chi connectivity index (χ1n) is 12.0. The number of rotatable bonds is 7. The van der Waals surface area contributed by atoms with Crippen LogP contribution in [-0.4, -0.2) is 59.5 Å². The van der Waals surface area contributed by atoms with Gasteiger partial charge in [0.2, 0.25) is 12.2 Å². The Hall–Kier alpha value is -3.59. The SMILES string of the molecule is CC(C)(C)OC(=O)N1CC(Oc2ccccc2)CC1C(=O)NC1CC(=O)OC1OCc1ccccc1. The van der Waals surface area contributed by atoms with Gasteiger partial charge in [-0.05, 0) is 38.5 Å². The molecular weight excluding hydrogens is 464 g/mol. The molecule has 2 amide bonds. The first-order valence-corrected chi connectivity index (χ1v) is 12.0. The molecule has 2 aliphatic heterocycles. The van der Waals surface area contributed by atoms with Gasteiger partial charge >= 0.3 is 12.1 Å². The zero-order valence-corrected chi connectivity index (χ0v) is 20.7. The summed E-state index contributed by atoms with van der Waals surface area (Å²) >= 11 is 0. The van der Waals surface area contributed by atoms with Crippen LogP contribution in [0.1, 0.15) is 39.2 Å². The number of amides is 2. The summed E-state index contributed by atoms with van der Waals surface area (Å²) in [5.41, 5.74) is 0.191. The highest BCUT2D eigenvalue weighted by atomic mass is 16.7. The van der Waals surface area contributed by atoms with Crippen LogP contribution in [-0.2, 0) is 30.4 Å². The summed E-state index contributed by atoms with van der Waals surface area (Å²) in [5.74, 6) is -0.229. The lowest BCUT2D eigenvalue weighted by molar-refractivity contribution is -0.168. The first-order chi connectivity index (χ1) is 17.2. The summed E-state index contributed by atoms with van der Waals surface area (Å²) in [6.45, 7) is 5.72. The molecule has 9 nitrogen and oxygen atoms in total. The summed E-state index contributed by atoms with van der Waals surface area (Å²) in [7, 11) is 0. The van der Waals surface area contributed by atoms with Gasteiger partial charge in [-0.2, -0.15) is 0 Å². The Labute approximate surface area is 210 Å². The van der Waals surface area contributed by atoms with Crippen LogP contribution >= 0.6 is 0 Å². The molecule has 192 valence electrons. The van der Waals surface area contributed by atoms with Crippen molar-refractivity contribution in [2.24, 2.45) is 0 Å². The highest BCUT2D eigenvalue weighted by molar-refractivity contribution is 5.87. The minimum absolute atomic E-state index is 0.0195. The Morgan fingerprint density at radius 2 is 1.72 bits per heavy atom. The second-order valence-electron chi connectivity index (χ2n) is 9.91. The van der Waals surface area contributed by atoms with E-state index in [1.807, 2.05) is 60.7 Å². The topological polar surface area (TPSA) is 103 Å². The molecule has 1 N–H and O–H groups in total. The van der Waals surface area contributed by atoms with Gasteiger partial charge < -0.3 is 24.3 Å². The van der Waals surface area contributed by atoms with Crippen LogP contribution in [0.3, 0.4) is 0 Å². The van der Waals surface area contributed by atoms with E-state index in [2.05, 4.69) is 5.32 Å². The van der Waals surface area contributed by atoms with E-state index in [9.17, 15) is 14.4 Å². The second-order valence-corrected chi connectivity index (χ2v) is 9.91. The molecule has 2 heterocycles. The molecule has 4 atom stereocenters. The average molecular weight is 497 g/mol. The zero-order chi connectivity index (χ0) is 25.7. The minimum atomic E-state index is -0.922. The van der Waals surface area contributed by atoms with Gasteiger partial charge in [-0.3, -0.25) is 14.5 Å². The number of benzene rings is 2. The minimum Gasteiger partial charge on any atom is -0.488 e. The van der Waals surface area contributed by atoms with Gasteiger partial charge in [0.25, 0.3) is 0 Å². The molecule has 2 fully saturated rings. The van der Waals surface area contributed by atoms with Crippen molar-refractivity contribution in [3.63, 3.8) is 0 Å². The molecule has 2 saturated heterocycles. The molecule has 9 heteroatoms. The monoisotopic (exact) mass is 496 g/mol. The van der Waals surface area contributed by atoms with Gasteiger partial charge in [0, 0.05) is 6.42 Å². The third-order valence-corrected chi connectivity index (χ3v) is 5.79. The van der Waals surface area contributed by atoms with Gasteiger partial charge in [0.1, 0.15) is 29.5 Å². The van der Waals surface area contributed by atoms with Crippen LogP contribution in [0.2, 0.25) is 0 Å². The summed E-state index contributed by atoms with van der Waals surface area (Å²) in [5, 5.41) is 2.85. The van der Waals surface area contributed by atoms with E-state index in [1.54, 1.807) is 20.8 Å². The summed E-state index contributed by atoms with van der Waals surface area (Å²) in [6, 6.07) is 17.2. The number of nitrogens with zero attached hydrogens (tertiary/aromatic N) is 1. The van der Waals surface area contributed by atoms with Crippen molar-refractivity contribution in [2.45, 2.75) is 70.3 Å². The van der Waals surface area contributed by atoms with E-state index < -0.39 is 48.0 Å². The maximum absolute atomic E-state index is 13.4. The summed E-state index contributed by atoms with van der Waals surface area (Å²) in [4.78, 5) is 39.7. The van der Waals surface area contributed by atoms with E-state index in [4.69, 9.17) is 18.9 Å². The molecule has 4 rings (SSSR count). The molecule has 0 aliphatic carbocycles. The number of cyclic esters (lactones) is 1. The maximum Gasteiger partial charge on any atom is 0.411 e. The molecule has 0 spiro atoms. The van der Waals surface area contributed by atoms with Gasteiger partial charge in [0.05, 0.1) is 19.6 Å². The number of hydrogen-bond donors (Lipinski definition) is 1. The number of carbonyl (C=O) groups excluding carboxylic acids is 3. The number of para-hydroxylation sites is 1. The third kappa shape index (κ3) is 6.75. The predicted molar refractivity (Wildman–Crippen MR) is 130 cm³/mol. The summed E-state index contributed by atoms with van der Waals surface area (Å²) < 4.78 is 22.7. The lowest BCUT2D eigenvalue weighted by Crippen LogP contribution is -2.51. The third-order valence-electron chi connectivity index (χ3n) is 5.79. The molecular formula is C27H32N2O7. The van der Waals surface area contributed by atoms with Crippen molar-refractivity contribution >= 4 is 18.0 Å². The van der Waals surface area contributed by atoms with Crippen molar-refractivity contribution in [3.05, 3.63) is 66.2 Å². The van der Waals surface area contributed by atoms with Crippen molar-refractivity contribution in [1.82, 2.24) is 10.2 Å². The molecule has 0 saturated carbocycles. The van der Waals surface area contributed by atoms with Crippen molar-refractivity contribution in [2.75, 3.05) is 6.54 Å². The standard InChI is InChI=1S/C27H32N2O7/c1-27(2,3)36-26(32)29-16-20(34-19-12-8-5-9-13-19)14-22(29)24(31)28-21-15-23(30)35-25(21)33-17-18-10-6-4-7-11-18/h4-13,20-22,25H,14-17H2,1-3H3,(H,28,31). The molecule has 2 aliphatic rings. The summed E-state index contributed by atoms with van der Waals surface area (Å²) in [6.07, 6.45) is -1.67. The molecule has 36 heavy (non-hydrogen) atoms. The van der Waals surface area contributed by atoms with E-state index in [0.717, 1.165) is 5.56 Å². The number of hydrogen-bond acceptors (Lipinski definition) is 7. The Kier molecular flexibility index (Phi) is 7.79. The van der Waals surface area contributed by atoms with Crippen LogP contribution in [0, 0.1) is 0 Å². The molecule has 0 radical (unpaired) electrons. The predicted octanol–water partition coefficient (Wildman–Crippen LogP) is 3.42. The number of nitrogens with one attached hydrogen (secondary N) is 1. The van der Waals surface area contributed by atoms with Crippen LogP contribution < -0.4 is 10.1 Å². The fraction of sp³-hybridized carbons (Fsp3) is 0.444. The highest BCUT2D eigenvalue weighted by Crippen LogP contribution is 2.26. The van der Waals surface area contributed by atoms with Crippen LogP contribution in [0.4, 0.5) is 4.79 Å². The molecule has 0 aromatic heterocycles. The lowest BCUT2D eigenvalue weighted by atomic mass is 10.1. The maximum atomic E-state index is 13.4. The Morgan fingerprint density at radius 1 is 1.06 bits per heavy atom. The average Bonchev–Trinajstić information content (AvgIpc) is 3.41. The van der Waals surface area contributed by atoms with Gasteiger partial charge in [0.15, 0.2) is 0 Å². The molecule has 0 bridgehead atoms.